The summed E-state index contributed by atoms with van der Waals surface area (Å²) < 4.78 is 0. The van der Waals surface area contributed by atoms with Crippen LogP contribution in [0.4, 0.5) is 0 Å². The van der Waals surface area contributed by atoms with Crippen molar-refractivity contribution in [3.63, 3.8) is 0 Å². The molecule has 0 aliphatic rings. The molecule has 17 aromatic carbocycles. The predicted molar refractivity (Wildman–Crippen MR) is 574 cm³/mol. The maximum Gasteiger partial charge on any atom is 0.179 e. The average molecular weight is 1790 g/mol. The van der Waals surface area contributed by atoms with Gasteiger partial charge >= 0.3 is 0 Å². The Bertz CT molecular complexity index is 8990. The Morgan fingerprint density at radius 3 is 0.657 bits per heavy atom. The monoisotopic (exact) mass is 1790 g/mol. The van der Waals surface area contributed by atoms with Gasteiger partial charge in [-0.05, 0) is 152 Å². The van der Waals surface area contributed by atoms with E-state index >= 15 is 0 Å². The van der Waals surface area contributed by atoms with Crippen LogP contribution in [-0.2, 0) is 0 Å². The van der Waals surface area contributed by atoms with Crippen LogP contribution in [0.5, 0.6) is 0 Å². The second kappa shape index (κ2) is 37.4. The molecule has 0 unspecified atom stereocenters. The van der Waals surface area contributed by atoms with Gasteiger partial charge in [0.2, 0.25) is 0 Å². The summed E-state index contributed by atoms with van der Waals surface area (Å²) >= 11 is 0. The molecule has 654 valence electrons. The lowest BCUT2D eigenvalue weighted by Crippen LogP contribution is -1.97. The standard InChI is InChI=1S/2C44H28N4.C40H26N4/c1-3-11-30(12-4-1)42-28-43(31-13-5-2-6-14-31)48-44(47-42)39-25-23-33-19-21-35(27-41(33)46-39)38-24-22-32-18-20-34(26-40(32)45-38)37-17-9-15-29-10-7-8-16-36(29)37;1-3-10-30(11-4-1)42-28-43(31-12-5-2-6-13-31)48-44(47-42)39-24-22-33-17-20-37(27-41(33)46-39)38-23-21-32-16-19-36(26-40(32)45-38)35-18-15-29-9-7-8-14-34(29)25-35;1-4-10-27(11-5-1)32-18-16-30-20-22-34(41-36(30)24-32)33-19-17-31-21-23-35(42-37(31)25-33)40-43-38(28-12-6-2-7-13-28)26-39(44-40)29-14-8-3-9-15-29/h2*1-28H;1-26H. The zero-order valence-corrected chi connectivity index (χ0v) is 75.7. The van der Waals surface area contributed by atoms with Gasteiger partial charge in [0.05, 0.1) is 84.3 Å². The first-order valence-electron chi connectivity index (χ1n) is 46.8. The molecule has 12 nitrogen and oxygen atoms in total. The Balaban J connectivity index is 0.000000114. The van der Waals surface area contributed by atoms with Crippen LogP contribution in [-0.4, -0.2) is 59.8 Å². The molecular formula is C128H82N12. The number of rotatable bonds is 15. The maximum atomic E-state index is 5.14. The Morgan fingerprint density at radius 1 is 0.100 bits per heavy atom. The molecule has 0 bridgehead atoms. The summed E-state index contributed by atoms with van der Waals surface area (Å²) in [6, 6.07) is 171. The number of aromatic nitrogens is 12. The van der Waals surface area contributed by atoms with Crippen molar-refractivity contribution in [1.82, 2.24) is 59.8 Å². The lowest BCUT2D eigenvalue weighted by molar-refractivity contribution is 1.16. The van der Waals surface area contributed by atoms with Crippen LogP contribution in [0.25, 0.3) is 256 Å². The van der Waals surface area contributed by atoms with E-state index in [0.29, 0.717) is 17.5 Å². The van der Waals surface area contributed by atoms with Crippen molar-refractivity contribution in [2.24, 2.45) is 0 Å². The zero-order chi connectivity index (χ0) is 93.0. The lowest BCUT2D eigenvalue weighted by atomic mass is 9.97. The van der Waals surface area contributed by atoms with E-state index in [4.69, 9.17) is 59.8 Å². The molecule has 0 amide bonds. The predicted octanol–water partition coefficient (Wildman–Crippen LogP) is 32.0. The molecule has 0 radical (unpaired) electrons. The Hall–Kier alpha value is -19.0. The largest absolute Gasteiger partial charge is 0.248 e. The fourth-order valence-electron chi connectivity index (χ4n) is 18.3. The van der Waals surface area contributed by atoms with E-state index in [9.17, 15) is 0 Å². The molecule has 9 aromatic heterocycles. The Morgan fingerprint density at radius 2 is 0.321 bits per heavy atom. The van der Waals surface area contributed by atoms with E-state index in [1.54, 1.807) is 0 Å². The number of hydrogen-bond donors (Lipinski definition) is 0. The van der Waals surface area contributed by atoms with Crippen molar-refractivity contribution >= 4 is 87.0 Å². The third-order valence-electron chi connectivity index (χ3n) is 25.6. The van der Waals surface area contributed by atoms with Gasteiger partial charge < -0.3 is 0 Å². The first-order chi connectivity index (χ1) is 69.2. The van der Waals surface area contributed by atoms with Crippen LogP contribution in [0, 0.1) is 0 Å². The van der Waals surface area contributed by atoms with Crippen molar-refractivity contribution in [2.75, 3.05) is 0 Å². The molecule has 0 saturated carbocycles. The molecule has 0 atom stereocenters. The molecule has 26 rings (SSSR count). The van der Waals surface area contributed by atoms with Crippen LogP contribution >= 0.6 is 0 Å². The molecule has 9 heterocycles. The normalized spacial score (nSPS) is 11.3. The fraction of sp³-hybridized carbons (Fsp3) is 0. The summed E-state index contributed by atoms with van der Waals surface area (Å²) in [7, 11) is 0. The maximum absolute atomic E-state index is 5.14. The minimum Gasteiger partial charge on any atom is -0.248 e. The topological polar surface area (TPSA) is 155 Å². The highest BCUT2D eigenvalue weighted by atomic mass is 15.0. The molecule has 0 aliphatic carbocycles. The lowest BCUT2D eigenvalue weighted by Gasteiger charge is -2.10. The second-order valence-corrected chi connectivity index (χ2v) is 34.7. The third kappa shape index (κ3) is 17.7. The summed E-state index contributed by atoms with van der Waals surface area (Å²) in [5, 5.41) is 11.4. The quantitative estimate of drug-likeness (QED) is 0.0959. The van der Waals surface area contributed by atoms with E-state index in [2.05, 4.69) is 346 Å². The molecule has 26 aromatic rings. The van der Waals surface area contributed by atoms with E-state index in [1.807, 2.05) is 152 Å². The van der Waals surface area contributed by atoms with Crippen LogP contribution in [0.15, 0.2) is 497 Å². The van der Waals surface area contributed by atoms with Gasteiger partial charge in [0.25, 0.3) is 0 Å². The van der Waals surface area contributed by atoms with E-state index in [-0.39, 0.29) is 0 Å². The van der Waals surface area contributed by atoms with E-state index < -0.39 is 0 Å². The van der Waals surface area contributed by atoms with E-state index in [1.165, 1.54) is 38.2 Å². The fourth-order valence-corrected chi connectivity index (χ4v) is 18.3. The van der Waals surface area contributed by atoms with Crippen LogP contribution in [0.3, 0.4) is 0 Å². The number of benzene rings is 17. The highest BCUT2D eigenvalue weighted by molar-refractivity contribution is 6.00. The highest BCUT2D eigenvalue weighted by Gasteiger charge is 2.20. The molecule has 0 aliphatic heterocycles. The molecule has 0 N–H and O–H groups in total. The van der Waals surface area contributed by atoms with Gasteiger partial charge in [0.15, 0.2) is 17.5 Å². The van der Waals surface area contributed by atoms with Gasteiger partial charge in [-0.3, -0.25) is 0 Å². The van der Waals surface area contributed by atoms with Gasteiger partial charge in [0, 0.05) is 82.4 Å². The molecule has 140 heavy (non-hydrogen) atoms. The highest BCUT2D eigenvalue weighted by Crippen LogP contribution is 2.39. The minimum atomic E-state index is 0.590. The molecule has 12 heteroatoms. The summed E-state index contributed by atoms with van der Waals surface area (Å²) in [6.45, 7) is 0. The Kier molecular flexibility index (Phi) is 22.5. The van der Waals surface area contributed by atoms with Gasteiger partial charge in [0.1, 0.15) is 17.1 Å². The van der Waals surface area contributed by atoms with Crippen molar-refractivity contribution in [2.45, 2.75) is 0 Å². The summed E-state index contributed by atoms with van der Waals surface area (Å²) in [5.74, 6) is 1.77. The van der Waals surface area contributed by atoms with Crippen molar-refractivity contribution in [3.8, 4) is 169 Å². The SMILES string of the molecule is c1ccc(-c2cc(-c3ccccc3)nc(-c3ccc4ccc(-c5ccc6ccc(-c7ccc8ccccc8c7)cc6n5)cc4n3)n2)cc1.c1ccc(-c2cc(-c3ccccc3)nc(-c3ccc4ccc(-c5ccc6ccc(-c7cccc8ccccc78)cc6n5)cc4n3)n2)cc1.c1ccc(-c2ccc3ccc(-c4ccc5ccc(-c6nc(-c7ccccc7)cc(-c7ccccc7)n6)nc5c4)nc3c2)cc1. The van der Waals surface area contributed by atoms with Gasteiger partial charge in [-0.25, -0.2) is 59.8 Å². The van der Waals surface area contributed by atoms with Gasteiger partial charge in [-0.1, -0.05) is 400 Å². The Labute approximate surface area is 808 Å². The average Bonchev–Trinajstić information content (AvgIpc) is 0.760. The number of pyridine rings is 6. The summed E-state index contributed by atoms with van der Waals surface area (Å²) in [4.78, 5) is 60.4. The second-order valence-electron chi connectivity index (χ2n) is 34.7. The van der Waals surface area contributed by atoms with Crippen molar-refractivity contribution < 1.29 is 0 Å². The smallest absolute Gasteiger partial charge is 0.179 e. The minimum absolute atomic E-state index is 0.590. The number of hydrogen-bond acceptors (Lipinski definition) is 12. The van der Waals surface area contributed by atoms with Crippen molar-refractivity contribution in [3.05, 3.63) is 497 Å². The number of nitrogens with zero attached hydrogens (tertiary/aromatic N) is 12. The third-order valence-corrected chi connectivity index (χ3v) is 25.6. The first-order valence-corrected chi connectivity index (χ1v) is 46.8. The van der Waals surface area contributed by atoms with Gasteiger partial charge in [-0.15, -0.1) is 0 Å². The van der Waals surface area contributed by atoms with E-state index in [0.717, 1.165) is 201 Å². The van der Waals surface area contributed by atoms with Crippen LogP contribution in [0.1, 0.15) is 0 Å². The first kappa shape index (κ1) is 84.0. The molecule has 0 spiro atoms. The summed E-state index contributed by atoms with van der Waals surface area (Å²) in [5.41, 5.74) is 31.8. The number of fused-ring (bicyclic) bond motifs is 8. The zero-order valence-electron chi connectivity index (χ0n) is 75.7. The molecular weight excluding hydrogens is 1710 g/mol. The molecule has 0 saturated heterocycles. The van der Waals surface area contributed by atoms with Crippen molar-refractivity contribution in [1.29, 1.82) is 0 Å². The molecule has 0 fully saturated rings. The van der Waals surface area contributed by atoms with Crippen LogP contribution in [0.2, 0.25) is 0 Å². The summed E-state index contributed by atoms with van der Waals surface area (Å²) in [6.07, 6.45) is 0. The van der Waals surface area contributed by atoms with Gasteiger partial charge in [-0.2, -0.15) is 0 Å². The van der Waals surface area contributed by atoms with Crippen LogP contribution < -0.4 is 0 Å².